The number of aryl methyl sites for hydroxylation is 1. The lowest BCUT2D eigenvalue weighted by Crippen LogP contribution is -2.32. The number of rotatable bonds is 6. The summed E-state index contributed by atoms with van der Waals surface area (Å²) in [5.74, 6) is 0.934. The number of hydrogen-bond donors (Lipinski definition) is 1. The van der Waals surface area contributed by atoms with E-state index in [0.29, 0.717) is 13.0 Å². The lowest BCUT2D eigenvalue weighted by Gasteiger charge is -2.29. The van der Waals surface area contributed by atoms with Crippen LogP contribution in [0.2, 0.25) is 0 Å². The van der Waals surface area contributed by atoms with Crippen LogP contribution in [0.5, 0.6) is 5.75 Å². The summed E-state index contributed by atoms with van der Waals surface area (Å²) in [7, 11) is 0. The van der Waals surface area contributed by atoms with Gasteiger partial charge in [0.2, 0.25) is 5.91 Å². The number of hydrogen-bond acceptors (Lipinski definition) is 3. The third-order valence-corrected chi connectivity index (χ3v) is 5.55. The quantitative estimate of drug-likeness (QED) is 0.748. The molecule has 1 N–H and O–H groups in total. The lowest BCUT2D eigenvalue weighted by atomic mass is 9.98. The molecule has 0 aromatic heterocycles. The van der Waals surface area contributed by atoms with Gasteiger partial charge >= 0.3 is 0 Å². The number of nitrogens with zero attached hydrogens (tertiary/aromatic N) is 1. The normalized spacial score (nSPS) is 18.9. The number of amides is 1. The summed E-state index contributed by atoms with van der Waals surface area (Å²) < 4.78 is 5.91. The minimum Gasteiger partial charge on any atom is -0.494 e. The molecule has 2 heterocycles. The highest BCUT2D eigenvalue weighted by Gasteiger charge is 2.16. The predicted octanol–water partition coefficient (Wildman–Crippen LogP) is 4.41. The Morgan fingerprint density at radius 3 is 2.71 bits per heavy atom. The minimum absolute atomic E-state index is 0.0927. The van der Waals surface area contributed by atoms with Gasteiger partial charge < -0.3 is 10.1 Å². The van der Waals surface area contributed by atoms with Crippen LogP contribution in [0.25, 0.3) is 0 Å². The van der Waals surface area contributed by atoms with Crippen molar-refractivity contribution in [3.63, 3.8) is 0 Å². The van der Waals surface area contributed by atoms with Gasteiger partial charge in [-0.25, -0.2) is 0 Å². The molecule has 0 unspecified atom stereocenters. The summed E-state index contributed by atoms with van der Waals surface area (Å²) in [5, 5.41) is 2.93. The molecule has 0 radical (unpaired) electrons. The topological polar surface area (TPSA) is 41.6 Å². The Morgan fingerprint density at radius 1 is 0.964 bits per heavy atom. The zero-order valence-corrected chi connectivity index (χ0v) is 16.3. The van der Waals surface area contributed by atoms with Crippen molar-refractivity contribution in [2.75, 3.05) is 31.6 Å². The fourth-order valence-corrected chi connectivity index (χ4v) is 3.94. The highest BCUT2D eigenvalue weighted by atomic mass is 16.5. The van der Waals surface area contributed by atoms with Crippen LogP contribution in [0.15, 0.2) is 65.8 Å². The number of unbranched alkanes of at least 4 members (excludes halogenated alkanes) is 1. The van der Waals surface area contributed by atoms with E-state index in [1.807, 2.05) is 12.1 Å². The number of nitrogens with one attached hydrogen (secondary N) is 1. The second-order valence-electron chi connectivity index (χ2n) is 7.60. The van der Waals surface area contributed by atoms with Crippen LogP contribution in [0.4, 0.5) is 5.69 Å². The van der Waals surface area contributed by atoms with Gasteiger partial charge in [-0.2, -0.15) is 0 Å². The summed E-state index contributed by atoms with van der Waals surface area (Å²) in [6, 6.07) is 6.03. The fourth-order valence-electron chi connectivity index (χ4n) is 3.94. The molecule has 0 bridgehead atoms. The first-order chi connectivity index (χ1) is 13.8. The van der Waals surface area contributed by atoms with Crippen LogP contribution >= 0.6 is 0 Å². The Bertz CT molecular complexity index is 848. The van der Waals surface area contributed by atoms with Crippen LogP contribution in [0.3, 0.4) is 0 Å². The van der Waals surface area contributed by atoms with Gasteiger partial charge in [-0.3, -0.25) is 9.69 Å². The molecule has 4 heteroatoms. The van der Waals surface area contributed by atoms with Crippen molar-refractivity contribution < 1.29 is 9.53 Å². The highest BCUT2D eigenvalue weighted by Crippen LogP contribution is 2.27. The molecule has 2 aliphatic heterocycles. The van der Waals surface area contributed by atoms with Crippen molar-refractivity contribution in [3.8, 4) is 5.75 Å². The average molecular weight is 376 g/mol. The first-order valence-corrected chi connectivity index (χ1v) is 10.3. The van der Waals surface area contributed by atoms with E-state index >= 15 is 0 Å². The third-order valence-electron chi connectivity index (χ3n) is 5.55. The van der Waals surface area contributed by atoms with Crippen LogP contribution in [-0.2, 0) is 11.2 Å². The van der Waals surface area contributed by atoms with Gasteiger partial charge in [-0.1, -0.05) is 42.5 Å². The van der Waals surface area contributed by atoms with E-state index in [1.165, 1.54) is 16.7 Å². The van der Waals surface area contributed by atoms with E-state index in [1.54, 1.807) is 0 Å². The molecule has 1 aliphatic carbocycles. The standard InChI is InChI=1S/C24H28N2O2/c27-24-12-10-20-9-11-22(17-23(20)25-24)28-16-6-5-14-26-15-13-19-7-3-1-2-4-8-21(19)18-26/h1-4,7-9,11,17H,5-6,10,12-16,18H2,(H,25,27). The van der Waals surface area contributed by atoms with Crippen molar-refractivity contribution in [1.29, 1.82) is 0 Å². The zero-order chi connectivity index (χ0) is 19.2. The molecule has 28 heavy (non-hydrogen) atoms. The summed E-state index contributed by atoms with van der Waals surface area (Å²) in [6.07, 6.45) is 17.6. The number of carbonyl (C=O) groups is 1. The van der Waals surface area contributed by atoms with Gasteiger partial charge in [0.15, 0.2) is 0 Å². The summed E-state index contributed by atoms with van der Waals surface area (Å²) >= 11 is 0. The van der Waals surface area contributed by atoms with Crippen molar-refractivity contribution in [1.82, 2.24) is 4.90 Å². The average Bonchev–Trinajstić information content (AvgIpc) is 2.68. The maximum absolute atomic E-state index is 11.5. The van der Waals surface area contributed by atoms with Crippen molar-refractivity contribution in [3.05, 3.63) is 71.4 Å². The summed E-state index contributed by atoms with van der Waals surface area (Å²) in [4.78, 5) is 14.1. The van der Waals surface area contributed by atoms with Gasteiger partial charge in [0.05, 0.1) is 6.61 Å². The number of fused-ring (bicyclic) bond motifs is 1. The maximum Gasteiger partial charge on any atom is 0.224 e. The molecule has 0 atom stereocenters. The lowest BCUT2D eigenvalue weighted by molar-refractivity contribution is -0.116. The SMILES string of the molecule is O=C1CCc2ccc(OCCCCN3CCC4=C(C=CC=CC=C4)C3)cc2N1. The van der Waals surface area contributed by atoms with Gasteiger partial charge in [0.1, 0.15) is 5.75 Å². The molecular weight excluding hydrogens is 348 g/mol. The fraction of sp³-hybridized carbons (Fsp3) is 0.375. The number of allylic oxidation sites excluding steroid dienone is 5. The molecule has 0 saturated heterocycles. The van der Waals surface area contributed by atoms with Crippen LogP contribution in [-0.4, -0.2) is 37.0 Å². The Labute approximate surface area is 167 Å². The number of benzene rings is 1. The third kappa shape index (κ3) is 4.82. The first kappa shape index (κ1) is 18.8. The van der Waals surface area contributed by atoms with Crippen LogP contribution < -0.4 is 10.1 Å². The number of anilines is 1. The first-order valence-electron chi connectivity index (χ1n) is 10.3. The van der Waals surface area contributed by atoms with E-state index in [2.05, 4.69) is 52.7 Å². The van der Waals surface area contributed by atoms with Gasteiger partial charge in [-0.15, -0.1) is 0 Å². The molecule has 146 valence electrons. The van der Waals surface area contributed by atoms with E-state index in [9.17, 15) is 4.79 Å². The predicted molar refractivity (Wildman–Crippen MR) is 114 cm³/mol. The largest absolute Gasteiger partial charge is 0.494 e. The smallest absolute Gasteiger partial charge is 0.224 e. The van der Waals surface area contributed by atoms with E-state index in [-0.39, 0.29) is 5.91 Å². The molecule has 4 nitrogen and oxygen atoms in total. The molecule has 0 fully saturated rings. The zero-order valence-electron chi connectivity index (χ0n) is 16.3. The summed E-state index contributed by atoms with van der Waals surface area (Å²) in [6.45, 7) is 3.98. The summed E-state index contributed by atoms with van der Waals surface area (Å²) in [5.41, 5.74) is 5.01. The van der Waals surface area contributed by atoms with E-state index in [4.69, 9.17) is 4.74 Å². The second kappa shape index (κ2) is 9.07. The number of ether oxygens (including phenoxy) is 1. The van der Waals surface area contributed by atoms with Crippen molar-refractivity contribution >= 4 is 11.6 Å². The van der Waals surface area contributed by atoms with Gasteiger partial charge in [0.25, 0.3) is 0 Å². The van der Waals surface area contributed by atoms with Gasteiger partial charge in [0, 0.05) is 31.3 Å². The Kier molecular flexibility index (Phi) is 6.07. The molecule has 0 spiro atoms. The molecule has 3 aliphatic rings. The highest BCUT2D eigenvalue weighted by molar-refractivity contribution is 5.94. The van der Waals surface area contributed by atoms with Crippen molar-refractivity contribution in [2.45, 2.75) is 32.1 Å². The molecule has 1 aromatic rings. The molecule has 1 aromatic carbocycles. The van der Waals surface area contributed by atoms with E-state index < -0.39 is 0 Å². The maximum atomic E-state index is 11.5. The Balaban J connectivity index is 1.20. The van der Waals surface area contributed by atoms with Crippen LogP contribution in [0.1, 0.15) is 31.2 Å². The molecule has 0 saturated carbocycles. The van der Waals surface area contributed by atoms with Crippen LogP contribution in [0, 0.1) is 0 Å². The van der Waals surface area contributed by atoms with Crippen molar-refractivity contribution in [2.24, 2.45) is 0 Å². The minimum atomic E-state index is 0.0927. The molecular formula is C24H28N2O2. The second-order valence-corrected chi connectivity index (χ2v) is 7.60. The molecule has 4 rings (SSSR count). The monoisotopic (exact) mass is 376 g/mol. The van der Waals surface area contributed by atoms with E-state index in [0.717, 1.165) is 56.8 Å². The van der Waals surface area contributed by atoms with Gasteiger partial charge in [-0.05, 0) is 55.0 Å². The number of carbonyl (C=O) groups excluding carboxylic acids is 1. The Morgan fingerprint density at radius 2 is 1.82 bits per heavy atom. The molecule has 1 amide bonds. The Hall–Kier alpha value is -2.59.